The average molecular weight is 217 g/mol. The number of rotatable bonds is 4. The normalized spacial score (nSPS) is 10.2. The standard InChI is InChI=1S/C9H9F2NO3/c1-14-6-4-3-5(7(13)8(10)11)9(12-6)15-2/h3-4,8H,1-2H3. The van der Waals surface area contributed by atoms with Gasteiger partial charge in [-0.2, -0.15) is 4.98 Å². The van der Waals surface area contributed by atoms with E-state index in [9.17, 15) is 13.6 Å². The maximum Gasteiger partial charge on any atom is 0.300 e. The molecule has 0 aliphatic carbocycles. The first kappa shape index (κ1) is 11.4. The van der Waals surface area contributed by atoms with Crippen LogP contribution >= 0.6 is 0 Å². The molecular weight excluding hydrogens is 208 g/mol. The molecule has 1 aromatic rings. The van der Waals surface area contributed by atoms with Gasteiger partial charge in [0.2, 0.25) is 17.5 Å². The van der Waals surface area contributed by atoms with Gasteiger partial charge in [-0.05, 0) is 6.07 Å². The summed E-state index contributed by atoms with van der Waals surface area (Å²) in [5, 5.41) is 0. The van der Waals surface area contributed by atoms with E-state index < -0.39 is 12.2 Å². The molecule has 1 aromatic heterocycles. The van der Waals surface area contributed by atoms with Crippen molar-refractivity contribution < 1.29 is 23.0 Å². The van der Waals surface area contributed by atoms with Crippen LogP contribution in [-0.4, -0.2) is 31.4 Å². The first-order chi connectivity index (χ1) is 7.10. The largest absolute Gasteiger partial charge is 0.481 e. The molecule has 0 bridgehead atoms. The lowest BCUT2D eigenvalue weighted by Crippen LogP contribution is -2.12. The summed E-state index contributed by atoms with van der Waals surface area (Å²) in [5.74, 6) is -1.29. The monoisotopic (exact) mass is 217 g/mol. The van der Waals surface area contributed by atoms with E-state index in [0.29, 0.717) is 0 Å². The van der Waals surface area contributed by atoms with Crippen molar-refractivity contribution in [3.8, 4) is 11.8 Å². The smallest absolute Gasteiger partial charge is 0.300 e. The third-order valence-corrected chi connectivity index (χ3v) is 1.70. The van der Waals surface area contributed by atoms with Crippen molar-refractivity contribution in [3.63, 3.8) is 0 Å². The van der Waals surface area contributed by atoms with Crippen molar-refractivity contribution in [2.75, 3.05) is 14.2 Å². The zero-order valence-corrected chi connectivity index (χ0v) is 8.16. The first-order valence-electron chi connectivity index (χ1n) is 4.01. The quantitative estimate of drug-likeness (QED) is 0.718. The molecule has 0 saturated carbocycles. The number of alkyl halides is 2. The van der Waals surface area contributed by atoms with Gasteiger partial charge in [-0.15, -0.1) is 0 Å². The van der Waals surface area contributed by atoms with E-state index in [-0.39, 0.29) is 17.3 Å². The number of aromatic nitrogens is 1. The second kappa shape index (κ2) is 4.68. The maximum absolute atomic E-state index is 12.1. The van der Waals surface area contributed by atoms with Gasteiger partial charge < -0.3 is 9.47 Å². The number of halogens is 2. The van der Waals surface area contributed by atoms with Crippen LogP contribution in [0.1, 0.15) is 10.4 Å². The van der Waals surface area contributed by atoms with Gasteiger partial charge in [0.05, 0.1) is 19.8 Å². The maximum atomic E-state index is 12.1. The highest BCUT2D eigenvalue weighted by Crippen LogP contribution is 2.21. The van der Waals surface area contributed by atoms with E-state index in [4.69, 9.17) is 9.47 Å². The van der Waals surface area contributed by atoms with Gasteiger partial charge in [-0.1, -0.05) is 0 Å². The number of nitrogens with zero attached hydrogens (tertiary/aromatic N) is 1. The molecule has 4 nitrogen and oxygen atoms in total. The lowest BCUT2D eigenvalue weighted by atomic mass is 10.2. The number of hydrogen-bond acceptors (Lipinski definition) is 4. The Morgan fingerprint density at radius 2 is 2.00 bits per heavy atom. The second-order valence-electron chi connectivity index (χ2n) is 2.58. The summed E-state index contributed by atoms with van der Waals surface area (Å²) in [6.45, 7) is 0. The number of methoxy groups -OCH3 is 2. The van der Waals surface area contributed by atoms with Gasteiger partial charge in [0.1, 0.15) is 0 Å². The summed E-state index contributed by atoms with van der Waals surface area (Å²) in [5.41, 5.74) is -0.256. The first-order valence-corrected chi connectivity index (χ1v) is 4.01. The number of ketones is 1. The molecule has 1 heterocycles. The van der Waals surface area contributed by atoms with E-state index >= 15 is 0 Å². The van der Waals surface area contributed by atoms with Gasteiger partial charge in [0.15, 0.2) is 0 Å². The molecular formula is C9H9F2NO3. The Labute approximate surface area is 84.8 Å². The number of carbonyl (C=O) groups is 1. The summed E-state index contributed by atoms with van der Waals surface area (Å²) < 4.78 is 33.8. The lowest BCUT2D eigenvalue weighted by Gasteiger charge is -2.07. The highest BCUT2D eigenvalue weighted by molar-refractivity contribution is 6.00. The van der Waals surface area contributed by atoms with E-state index in [0.717, 1.165) is 0 Å². The van der Waals surface area contributed by atoms with Crippen LogP contribution < -0.4 is 9.47 Å². The topological polar surface area (TPSA) is 48.4 Å². The summed E-state index contributed by atoms with van der Waals surface area (Å²) in [4.78, 5) is 14.7. The molecule has 82 valence electrons. The Hall–Kier alpha value is -1.72. The molecule has 6 heteroatoms. The third kappa shape index (κ3) is 2.39. The van der Waals surface area contributed by atoms with Gasteiger partial charge in [-0.3, -0.25) is 4.79 Å². The summed E-state index contributed by atoms with van der Waals surface area (Å²) in [6.07, 6.45) is -3.07. The molecule has 0 aliphatic heterocycles. The summed E-state index contributed by atoms with van der Waals surface area (Å²) in [6, 6.07) is 2.51. The molecule has 0 N–H and O–H groups in total. The third-order valence-electron chi connectivity index (χ3n) is 1.70. The number of Topliss-reactive ketones (excluding diaryl/α,β-unsaturated/α-hetero) is 1. The second-order valence-corrected chi connectivity index (χ2v) is 2.58. The Morgan fingerprint density at radius 1 is 1.33 bits per heavy atom. The zero-order chi connectivity index (χ0) is 11.4. The molecule has 0 amide bonds. The van der Waals surface area contributed by atoms with Crippen molar-refractivity contribution in [1.29, 1.82) is 0 Å². The minimum Gasteiger partial charge on any atom is -0.481 e. The molecule has 0 unspecified atom stereocenters. The molecule has 0 aromatic carbocycles. The molecule has 0 saturated heterocycles. The van der Waals surface area contributed by atoms with Crippen LogP contribution in [0.4, 0.5) is 8.78 Å². The molecule has 0 radical (unpaired) electrons. The van der Waals surface area contributed by atoms with Gasteiger partial charge in [-0.25, -0.2) is 8.78 Å². The number of carbonyl (C=O) groups excluding carboxylic acids is 1. The lowest BCUT2D eigenvalue weighted by molar-refractivity contribution is 0.0674. The Kier molecular flexibility index (Phi) is 3.54. The Balaban J connectivity index is 3.13. The van der Waals surface area contributed by atoms with E-state index in [1.807, 2.05) is 0 Å². The number of pyridine rings is 1. The fraction of sp³-hybridized carbons (Fsp3) is 0.333. The zero-order valence-electron chi connectivity index (χ0n) is 8.16. The Morgan fingerprint density at radius 3 is 2.47 bits per heavy atom. The Bertz CT molecular complexity index is 368. The van der Waals surface area contributed by atoms with Gasteiger partial charge in [0, 0.05) is 6.07 Å². The van der Waals surface area contributed by atoms with E-state index in [1.165, 1.54) is 26.4 Å². The SMILES string of the molecule is COc1ccc(C(=O)C(F)F)c(OC)n1. The molecule has 0 fully saturated rings. The van der Waals surface area contributed by atoms with Crippen LogP contribution in [0.2, 0.25) is 0 Å². The molecule has 1 rings (SSSR count). The van der Waals surface area contributed by atoms with Crippen molar-refractivity contribution in [1.82, 2.24) is 4.98 Å². The fourth-order valence-corrected chi connectivity index (χ4v) is 0.998. The molecule has 0 atom stereocenters. The highest BCUT2D eigenvalue weighted by atomic mass is 19.3. The van der Waals surface area contributed by atoms with Crippen molar-refractivity contribution in [3.05, 3.63) is 17.7 Å². The summed E-state index contributed by atoms with van der Waals surface area (Å²) in [7, 11) is 2.61. The van der Waals surface area contributed by atoms with E-state index in [1.54, 1.807) is 0 Å². The van der Waals surface area contributed by atoms with Crippen LogP contribution in [0.25, 0.3) is 0 Å². The number of ether oxygens (including phenoxy) is 2. The minimum absolute atomic E-state index is 0.167. The molecule has 0 aliphatic rings. The summed E-state index contributed by atoms with van der Waals surface area (Å²) >= 11 is 0. The predicted molar refractivity (Wildman–Crippen MR) is 47.7 cm³/mol. The van der Waals surface area contributed by atoms with Crippen molar-refractivity contribution in [2.24, 2.45) is 0 Å². The minimum atomic E-state index is -3.07. The fourth-order valence-electron chi connectivity index (χ4n) is 0.998. The molecule has 15 heavy (non-hydrogen) atoms. The van der Waals surface area contributed by atoms with Crippen LogP contribution in [0.3, 0.4) is 0 Å². The van der Waals surface area contributed by atoms with Crippen LogP contribution in [0.5, 0.6) is 11.8 Å². The van der Waals surface area contributed by atoms with Crippen LogP contribution in [-0.2, 0) is 0 Å². The van der Waals surface area contributed by atoms with Crippen molar-refractivity contribution in [2.45, 2.75) is 6.43 Å². The molecule has 0 spiro atoms. The number of hydrogen-bond donors (Lipinski definition) is 0. The predicted octanol–water partition coefficient (Wildman–Crippen LogP) is 1.55. The van der Waals surface area contributed by atoms with Crippen LogP contribution in [0, 0.1) is 0 Å². The van der Waals surface area contributed by atoms with Gasteiger partial charge >= 0.3 is 6.43 Å². The van der Waals surface area contributed by atoms with Crippen LogP contribution in [0.15, 0.2) is 12.1 Å². The van der Waals surface area contributed by atoms with Gasteiger partial charge in [0.25, 0.3) is 0 Å². The van der Waals surface area contributed by atoms with Crippen molar-refractivity contribution >= 4 is 5.78 Å². The van der Waals surface area contributed by atoms with E-state index in [2.05, 4.69) is 4.98 Å². The highest BCUT2D eigenvalue weighted by Gasteiger charge is 2.22. The average Bonchev–Trinajstić information content (AvgIpc) is 2.27.